The zero-order valence-electron chi connectivity index (χ0n) is 15.0. The van der Waals surface area contributed by atoms with Crippen LogP contribution in [-0.2, 0) is 4.74 Å². The van der Waals surface area contributed by atoms with E-state index in [9.17, 15) is 20.4 Å². The highest BCUT2D eigenvalue weighted by Gasteiger charge is 2.46. The molecule has 3 heterocycles. The highest BCUT2D eigenvalue weighted by atomic mass is 35.5. The number of nitrogens with zero attached hydrogens (tertiary/aromatic N) is 4. The fourth-order valence-corrected chi connectivity index (χ4v) is 5.16. The zero-order valence-corrected chi connectivity index (χ0v) is 18.2. The van der Waals surface area contributed by atoms with E-state index in [0.29, 0.717) is 25.6 Å². The van der Waals surface area contributed by atoms with E-state index in [4.69, 9.17) is 27.9 Å². The standard InChI is InChI=1S/C17H16Cl2N4O5S2/c18-8-2-1-7(3-9(8)19)30-17-15(27)13(14(26)11(5-24)28-17)23-4-10(21-22-23)16-20-12(25)6-29-16/h1-4,6,11,13-15,17,24-27H,5H2/t11?,13?,14-,15-,17+/m0/s1. The molecule has 0 spiro atoms. The van der Waals surface area contributed by atoms with Crippen molar-refractivity contribution in [3.05, 3.63) is 39.8 Å². The Balaban J connectivity index is 1.61. The summed E-state index contributed by atoms with van der Waals surface area (Å²) in [6.45, 7) is -0.454. The van der Waals surface area contributed by atoms with Crippen LogP contribution in [0, 0.1) is 0 Å². The Morgan fingerprint density at radius 1 is 1.20 bits per heavy atom. The molecule has 1 aromatic carbocycles. The van der Waals surface area contributed by atoms with Gasteiger partial charge in [-0.1, -0.05) is 40.2 Å². The third-order valence-electron chi connectivity index (χ3n) is 4.52. The number of aromatic hydroxyl groups is 1. The van der Waals surface area contributed by atoms with Gasteiger partial charge < -0.3 is 25.2 Å². The van der Waals surface area contributed by atoms with Gasteiger partial charge in [-0.25, -0.2) is 9.67 Å². The molecule has 0 amide bonds. The maximum atomic E-state index is 10.9. The van der Waals surface area contributed by atoms with E-state index in [2.05, 4.69) is 15.3 Å². The summed E-state index contributed by atoms with van der Waals surface area (Å²) in [5, 5.41) is 51.4. The molecule has 13 heteroatoms. The molecule has 1 aliphatic heterocycles. The van der Waals surface area contributed by atoms with Crippen molar-refractivity contribution in [1.82, 2.24) is 20.0 Å². The first-order chi connectivity index (χ1) is 14.4. The highest BCUT2D eigenvalue weighted by Crippen LogP contribution is 2.39. The molecular formula is C17H16Cl2N4O5S2. The third kappa shape index (κ3) is 4.30. The van der Waals surface area contributed by atoms with Crippen LogP contribution in [0.15, 0.2) is 34.7 Å². The summed E-state index contributed by atoms with van der Waals surface area (Å²) in [6, 6.07) is 4.06. The average Bonchev–Trinajstić information content (AvgIpc) is 3.36. The molecule has 0 aliphatic carbocycles. The second kappa shape index (κ2) is 8.97. The SMILES string of the molecule is OCC1O[C@H](Sc2ccc(Cl)c(Cl)c2)[C@@H](O)C(n2cc(-c3nc(O)cs3)nn2)[C@H]1O. The number of thiazole rings is 1. The molecule has 1 fully saturated rings. The second-order valence-electron chi connectivity index (χ2n) is 6.49. The third-order valence-corrected chi connectivity index (χ3v) is 7.26. The number of hydrogen-bond donors (Lipinski definition) is 4. The summed E-state index contributed by atoms with van der Waals surface area (Å²) in [6.07, 6.45) is -1.87. The minimum Gasteiger partial charge on any atom is -0.493 e. The molecule has 9 nitrogen and oxygen atoms in total. The van der Waals surface area contributed by atoms with Gasteiger partial charge in [0.25, 0.3) is 0 Å². The van der Waals surface area contributed by atoms with Crippen LogP contribution in [0.1, 0.15) is 6.04 Å². The molecule has 160 valence electrons. The number of halogens is 2. The van der Waals surface area contributed by atoms with Gasteiger partial charge in [0.15, 0.2) is 0 Å². The first kappa shape index (κ1) is 21.8. The average molecular weight is 491 g/mol. The molecule has 2 aromatic heterocycles. The van der Waals surface area contributed by atoms with Crippen molar-refractivity contribution >= 4 is 46.3 Å². The van der Waals surface area contributed by atoms with Crippen molar-refractivity contribution in [2.45, 2.75) is 34.7 Å². The predicted octanol–water partition coefficient (Wildman–Crippen LogP) is 2.19. The van der Waals surface area contributed by atoms with Crippen LogP contribution < -0.4 is 0 Å². The number of thioether (sulfide) groups is 1. The molecule has 2 unspecified atom stereocenters. The van der Waals surface area contributed by atoms with Crippen LogP contribution in [0.3, 0.4) is 0 Å². The Labute approximate surface area is 188 Å². The molecule has 4 N–H and O–H groups in total. The summed E-state index contributed by atoms with van der Waals surface area (Å²) < 4.78 is 7.03. The van der Waals surface area contributed by atoms with Gasteiger partial charge in [0.2, 0.25) is 5.88 Å². The van der Waals surface area contributed by atoms with Crippen LogP contribution in [-0.4, -0.2) is 70.8 Å². The second-order valence-corrected chi connectivity index (χ2v) is 9.33. The molecule has 1 saturated heterocycles. The number of ether oxygens (including phenoxy) is 1. The first-order valence-corrected chi connectivity index (χ1v) is 11.2. The molecule has 3 aromatic rings. The largest absolute Gasteiger partial charge is 0.493 e. The fourth-order valence-electron chi connectivity index (χ4n) is 3.07. The Morgan fingerprint density at radius 3 is 2.67 bits per heavy atom. The minimum atomic E-state index is -1.24. The van der Waals surface area contributed by atoms with E-state index in [0.717, 1.165) is 0 Å². The summed E-state index contributed by atoms with van der Waals surface area (Å²) in [7, 11) is 0. The van der Waals surface area contributed by atoms with Crippen LogP contribution in [0.25, 0.3) is 10.7 Å². The monoisotopic (exact) mass is 490 g/mol. The van der Waals surface area contributed by atoms with E-state index in [1.807, 2.05) is 0 Å². The van der Waals surface area contributed by atoms with Crippen molar-refractivity contribution in [3.63, 3.8) is 0 Å². The van der Waals surface area contributed by atoms with Gasteiger partial charge in [-0.2, -0.15) is 0 Å². The number of aliphatic hydroxyl groups is 3. The van der Waals surface area contributed by atoms with Crippen LogP contribution in [0.4, 0.5) is 0 Å². The Kier molecular flexibility index (Phi) is 6.51. The lowest BCUT2D eigenvalue weighted by molar-refractivity contribution is -0.178. The summed E-state index contributed by atoms with van der Waals surface area (Å²) in [5.74, 6) is -0.130. The highest BCUT2D eigenvalue weighted by molar-refractivity contribution is 7.99. The molecule has 0 saturated carbocycles. The van der Waals surface area contributed by atoms with E-state index in [1.54, 1.807) is 18.2 Å². The number of aromatic nitrogens is 4. The smallest absolute Gasteiger partial charge is 0.222 e. The van der Waals surface area contributed by atoms with Gasteiger partial charge in [-0.3, -0.25) is 0 Å². The quantitative estimate of drug-likeness (QED) is 0.424. The molecule has 30 heavy (non-hydrogen) atoms. The van der Waals surface area contributed by atoms with Crippen molar-refractivity contribution < 1.29 is 25.2 Å². The normalized spacial score (nSPS) is 26.8. The number of benzene rings is 1. The van der Waals surface area contributed by atoms with Gasteiger partial charge in [0, 0.05) is 4.90 Å². The Morgan fingerprint density at radius 2 is 2.00 bits per heavy atom. The van der Waals surface area contributed by atoms with Gasteiger partial charge in [0.1, 0.15) is 40.5 Å². The van der Waals surface area contributed by atoms with Crippen LogP contribution in [0.5, 0.6) is 5.88 Å². The molecule has 4 rings (SSSR count). The maximum Gasteiger partial charge on any atom is 0.222 e. The summed E-state index contributed by atoms with van der Waals surface area (Å²) in [5.41, 5.74) is -0.454. The van der Waals surface area contributed by atoms with E-state index in [-0.39, 0.29) is 5.88 Å². The van der Waals surface area contributed by atoms with Crippen molar-refractivity contribution in [1.29, 1.82) is 0 Å². The van der Waals surface area contributed by atoms with Gasteiger partial charge in [-0.05, 0) is 18.2 Å². The van der Waals surface area contributed by atoms with Crippen molar-refractivity contribution in [3.8, 4) is 16.6 Å². The lowest BCUT2D eigenvalue weighted by Crippen LogP contribution is -2.55. The maximum absolute atomic E-state index is 10.9. The van der Waals surface area contributed by atoms with Crippen LogP contribution >= 0.6 is 46.3 Å². The molecule has 1 aliphatic rings. The van der Waals surface area contributed by atoms with Crippen LogP contribution in [0.2, 0.25) is 10.0 Å². The zero-order chi connectivity index (χ0) is 21.4. The minimum absolute atomic E-state index is 0.130. The number of aliphatic hydroxyl groups excluding tert-OH is 3. The molecule has 5 atom stereocenters. The van der Waals surface area contributed by atoms with E-state index in [1.165, 1.54) is 39.4 Å². The predicted molar refractivity (Wildman–Crippen MR) is 112 cm³/mol. The van der Waals surface area contributed by atoms with Gasteiger partial charge in [0.05, 0.1) is 28.2 Å². The lowest BCUT2D eigenvalue weighted by atomic mass is 9.97. The number of hydrogen-bond acceptors (Lipinski definition) is 10. The summed E-state index contributed by atoms with van der Waals surface area (Å²) in [4.78, 5) is 4.63. The lowest BCUT2D eigenvalue weighted by Gasteiger charge is -2.41. The topological polar surface area (TPSA) is 134 Å². The Hall–Kier alpha value is -1.44. The van der Waals surface area contributed by atoms with E-state index >= 15 is 0 Å². The first-order valence-electron chi connectivity index (χ1n) is 8.68. The van der Waals surface area contributed by atoms with Crippen molar-refractivity contribution in [2.75, 3.05) is 6.61 Å². The molecular weight excluding hydrogens is 475 g/mol. The van der Waals surface area contributed by atoms with E-state index < -0.39 is 36.4 Å². The fraction of sp³-hybridized carbons (Fsp3) is 0.353. The summed E-state index contributed by atoms with van der Waals surface area (Å²) >= 11 is 14.4. The molecule has 0 radical (unpaired) electrons. The Bertz CT molecular complexity index is 1040. The molecule has 0 bridgehead atoms. The van der Waals surface area contributed by atoms with Gasteiger partial charge >= 0.3 is 0 Å². The van der Waals surface area contributed by atoms with Crippen molar-refractivity contribution in [2.24, 2.45) is 0 Å². The van der Waals surface area contributed by atoms with Gasteiger partial charge in [-0.15, -0.1) is 16.4 Å². The number of rotatable bonds is 5.